The molecule has 0 aliphatic rings. The molecule has 0 radical (unpaired) electrons. The normalized spacial score (nSPS) is 13.0. The van der Waals surface area contributed by atoms with Gasteiger partial charge in [-0.3, -0.25) is 0 Å². The van der Waals surface area contributed by atoms with E-state index < -0.39 is 0 Å². The lowest BCUT2D eigenvalue weighted by atomic mass is 9.97. The Kier molecular flexibility index (Phi) is 6.81. The number of rotatable bonds is 7. The number of nitrogens with one attached hydrogen (secondary N) is 1. The van der Waals surface area contributed by atoms with E-state index >= 15 is 0 Å². The molecule has 0 heterocycles. The standard InChI is InChI=1S/C16H25ClFN/c1-11(2)19-8-7-12(3)5-6-14-9-13(4)16(18)10-15(14)17/h9-12,19H,5-8H2,1-4H3. The van der Waals surface area contributed by atoms with Gasteiger partial charge in [-0.1, -0.05) is 38.4 Å². The Bertz CT molecular complexity index is 404. The molecule has 1 unspecified atom stereocenters. The Morgan fingerprint density at radius 3 is 2.53 bits per heavy atom. The molecule has 0 aliphatic heterocycles. The minimum atomic E-state index is -0.220. The van der Waals surface area contributed by atoms with Crippen LogP contribution in [0.15, 0.2) is 12.1 Å². The van der Waals surface area contributed by atoms with Gasteiger partial charge in [0.2, 0.25) is 0 Å². The maximum absolute atomic E-state index is 13.3. The molecule has 0 saturated heterocycles. The van der Waals surface area contributed by atoms with Gasteiger partial charge in [-0.25, -0.2) is 4.39 Å². The lowest BCUT2D eigenvalue weighted by Gasteiger charge is -2.14. The summed E-state index contributed by atoms with van der Waals surface area (Å²) in [6.45, 7) is 9.41. The number of halogens is 2. The molecule has 0 aromatic heterocycles. The van der Waals surface area contributed by atoms with Crippen LogP contribution in [0, 0.1) is 18.7 Å². The largest absolute Gasteiger partial charge is 0.315 e. The summed E-state index contributed by atoms with van der Waals surface area (Å²) in [5, 5.41) is 3.98. The van der Waals surface area contributed by atoms with E-state index in [4.69, 9.17) is 11.6 Å². The summed E-state index contributed by atoms with van der Waals surface area (Å²) in [5.41, 5.74) is 1.73. The Balaban J connectivity index is 2.42. The number of hydrogen-bond donors (Lipinski definition) is 1. The van der Waals surface area contributed by atoms with Crippen LogP contribution in [0.5, 0.6) is 0 Å². The molecule has 1 nitrogen and oxygen atoms in total. The zero-order valence-electron chi connectivity index (χ0n) is 12.4. The van der Waals surface area contributed by atoms with Crippen LogP contribution in [-0.2, 0) is 6.42 Å². The molecule has 0 amide bonds. The summed E-state index contributed by atoms with van der Waals surface area (Å²) < 4.78 is 13.3. The number of benzene rings is 1. The molecule has 108 valence electrons. The Hall–Kier alpha value is -0.600. The van der Waals surface area contributed by atoms with Crippen molar-refractivity contribution in [3.8, 4) is 0 Å². The zero-order chi connectivity index (χ0) is 14.4. The summed E-state index contributed by atoms with van der Waals surface area (Å²) >= 11 is 6.08. The number of hydrogen-bond acceptors (Lipinski definition) is 1. The Morgan fingerprint density at radius 1 is 1.21 bits per heavy atom. The number of aryl methyl sites for hydroxylation is 2. The van der Waals surface area contributed by atoms with Gasteiger partial charge in [-0.2, -0.15) is 0 Å². The molecule has 0 bridgehead atoms. The van der Waals surface area contributed by atoms with E-state index in [1.807, 2.05) is 6.07 Å². The first kappa shape index (κ1) is 16.5. The molecular formula is C16H25ClFN. The van der Waals surface area contributed by atoms with Crippen molar-refractivity contribution < 1.29 is 4.39 Å². The highest BCUT2D eigenvalue weighted by Gasteiger charge is 2.08. The summed E-state index contributed by atoms with van der Waals surface area (Å²) in [4.78, 5) is 0. The van der Waals surface area contributed by atoms with Crippen LogP contribution in [0.3, 0.4) is 0 Å². The lowest BCUT2D eigenvalue weighted by Crippen LogP contribution is -2.25. The molecule has 1 aromatic rings. The van der Waals surface area contributed by atoms with Crippen LogP contribution in [-0.4, -0.2) is 12.6 Å². The maximum Gasteiger partial charge on any atom is 0.127 e. The highest BCUT2D eigenvalue weighted by Crippen LogP contribution is 2.23. The monoisotopic (exact) mass is 285 g/mol. The molecule has 1 rings (SSSR count). The second kappa shape index (κ2) is 7.86. The van der Waals surface area contributed by atoms with Gasteiger partial charge >= 0.3 is 0 Å². The predicted molar refractivity (Wildman–Crippen MR) is 81.4 cm³/mol. The van der Waals surface area contributed by atoms with Crippen LogP contribution in [0.1, 0.15) is 44.7 Å². The minimum absolute atomic E-state index is 0.220. The van der Waals surface area contributed by atoms with Gasteiger partial charge in [0.25, 0.3) is 0 Å². The average molecular weight is 286 g/mol. The van der Waals surface area contributed by atoms with Crippen molar-refractivity contribution >= 4 is 11.6 Å². The molecular weight excluding hydrogens is 261 g/mol. The van der Waals surface area contributed by atoms with Crippen molar-refractivity contribution in [1.29, 1.82) is 0 Å². The van der Waals surface area contributed by atoms with Crippen LogP contribution < -0.4 is 5.32 Å². The van der Waals surface area contributed by atoms with Crippen molar-refractivity contribution in [2.24, 2.45) is 5.92 Å². The van der Waals surface area contributed by atoms with Crippen LogP contribution in [0.4, 0.5) is 4.39 Å². The van der Waals surface area contributed by atoms with Gasteiger partial charge in [0.15, 0.2) is 0 Å². The van der Waals surface area contributed by atoms with Crippen molar-refractivity contribution in [1.82, 2.24) is 5.32 Å². The highest BCUT2D eigenvalue weighted by molar-refractivity contribution is 6.31. The quantitative estimate of drug-likeness (QED) is 0.763. The van der Waals surface area contributed by atoms with Crippen molar-refractivity contribution in [3.63, 3.8) is 0 Å². The van der Waals surface area contributed by atoms with E-state index in [1.165, 1.54) is 6.07 Å². The molecule has 0 spiro atoms. The SMILES string of the molecule is Cc1cc(CCC(C)CCNC(C)C)c(Cl)cc1F. The van der Waals surface area contributed by atoms with Crippen LogP contribution in [0.2, 0.25) is 5.02 Å². The van der Waals surface area contributed by atoms with Gasteiger partial charge in [-0.05, 0) is 55.8 Å². The summed E-state index contributed by atoms with van der Waals surface area (Å²) in [5.74, 6) is 0.426. The topological polar surface area (TPSA) is 12.0 Å². The summed E-state index contributed by atoms with van der Waals surface area (Å²) in [6, 6.07) is 3.84. The second-order valence-electron chi connectivity index (χ2n) is 5.73. The predicted octanol–water partition coefficient (Wildman–Crippen LogP) is 4.74. The maximum atomic E-state index is 13.3. The van der Waals surface area contributed by atoms with Crippen molar-refractivity contribution in [2.75, 3.05) is 6.54 Å². The van der Waals surface area contributed by atoms with E-state index in [2.05, 4.69) is 26.1 Å². The van der Waals surface area contributed by atoms with Gasteiger partial charge in [-0.15, -0.1) is 0 Å². The van der Waals surface area contributed by atoms with Crippen LogP contribution in [0.25, 0.3) is 0 Å². The fourth-order valence-electron chi connectivity index (χ4n) is 2.07. The first-order chi connectivity index (χ1) is 8.90. The Morgan fingerprint density at radius 2 is 1.89 bits per heavy atom. The zero-order valence-corrected chi connectivity index (χ0v) is 13.1. The van der Waals surface area contributed by atoms with Gasteiger partial charge in [0.1, 0.15) is 5.82 Å². The fraction of sp³-hybridized carbons (Fsp3) is 0.625. The van der Waals surface area contributed by atoms with E-state index in [9.17, 15) is 4.39 Å². The molecule has 1 aromatic carbocycles. The van der Waals surface area contributed by atoms with Gasteiger partial charge < -0.3 is 5.32 Å². The van der Waals surface area contributed by atoms with Gasteiger partial charge in [0.05, 0.1) is 0 Å². The smallest absolute Gasteiger partial charge is 0.127 e. The molecule has 19 heavy (non-hydrogen) atoms. The molecule has 0 fully saturated rings. The molecule has 1 N–H and O–H groups in total. The van der Waals surface area contributed by atoms with E-state index in [0.717, 1.165) is 31.4 Å². The minimum Gasteiger partial charge on any atom is -0.315 e. The van der Waals surface area contributed by atoms with Crippen LogP contribution >= 0.6 is 11.6 Å². The summed E-state index contributed by atoms with van der Waals surface area (Å²) in [7, 11) is 0. The van der Waals surface area contributed by atoms with Crippen molar-refractivity contribution in [3.05, 3.63) is 34.1 Å². The average Bonchev–Trinajstić information content (AvgIpc) is 2.31. The molecule has 1 atom stereocenters. The molecule has 0 aliphatic carbocycles. The summed E-state index contributed by atoms with van der Waals surface area (Å²) in [6.07, 6.45) is 3.17. The Labute approximate surface area is 121 Å². The first-order valence-electron chi connectivity index (χ1n) is 7.08. The van der Waals surface area contributed by atoms with E-state index in [-0.39, 0.29) is 5.82 Å². The third kappa shape index (κ3) is 5.92. The first-order valence-corrected chi connectivity index (χ1v) is 7.45. The molecule has 3 heteroatoms. The van der Waals surface area contributed by atoms with Gasteiger partial charge in [0, 0.05) is 11.1 Å². The van der Waals surface area contributed by atoms with E-state index in [0.29, 0.717) is 22.5 Å². The lowest BCUT2D eigenvalue weighted by molar-refractivity contribution is 0.454. The van der Waals surface area contributed by atoms with E-state index in [1.54, 1.807) is 6.92 Å². The second-order valence-corrected chi connectivity index (χ2v) is 6.14. The third-order valence-corrected chi connectivity index (χ3v) is 3.78. The highest BCUT2D eigenvalue weighted by atomic mass is 35.5. The third-order valence-electron chi connectivity index (χ3n) is 3.42. The fourth-order valence-corrected chi connectivity index (χ4v) is 2.32. The molecule has 0 saturated carbocycles. The van der Waals surface area contributed by atoms with Crippen molar-refractivity contribution in [2.45, 2.75) is 53.0 Å².